The predicted octanol–water partition coefficient (Wildman–Crippen LogP) is 8.36. The minimum absolute atomic E-state index is 0.0634. The number of aromatic nitrogens is 2. The lowest BCUT2D eigenvalue weighted by Crippen LogP contribution is -2.29. The summed E-state index contributed by atoms with van der Waals surface area (Å²) in [6.45, 7) is 11.8. The minimum atomic E-state index is -0.284. The standard InChI is InChI=1S/C40H32N4O4S/c1-17-7-9-23-11-12-24-10-8-18(2)30-34(24)43-28(36(30)45)15-25-13-19(3)37-35(41-21(5)48-37)31(25)27-14-26(20(4)33-38(27)49-22(6)42-33)16-44-39(46)29(17)32(23)40(44)47/h7-10,13-14H,11-12,15-16H2,1-6H3. The second-order valence-corrected chi connectivity index (χ2v) is 14.8. The van der Waals surface area contributed by atoms with Crippen molar-refractivity contribution < 1.29 is 18.8 Å². The van der Waals surface area contributed by atoms with Gasteiger partial charge in [-0.15, -0.1) is 11.3 Å². The van der Waals surface area contributed by atoms with Crippen molar-refractivity contribution in [3.8, 4) is 11.1 Å². The zero-order valence-corrected chi connectivity index (χ0v) is 28.9. The third kappa shape index (κ3) is 4.21. The van der Waals surface area contributed by atoms with Gasteiger partial charge < -0.3 is 4.42 Å². The lowest BCUT2D eigenvalue weighted by atomic mass is 9.89. The molecular weight excluding hydrogens is 633 g/mol. The maximum Gasteiger partial charge on any atom is 0.262 e. The van der Waals surface area contributed by atoms with Crippen LogP contribution in [0.2, 0.25) is 0 Å². The van der Waals surface area contributed by atoms with Crippen LogP contribution in [-0.4, -0.2) is 38.2 Å². The fourth-order valence-corrected chi connectivity index (χ4v) is 8.97. The molecule has 0 N–H and O–H groups in total. The number of thiazole rings is 1. The van der Waals surface area contributed by atoms with Crippen molar-refractivity contribution in [2.75, 3.05) is 0 Å². The Morgan fingerprint density at radius 3 is 2.22 bits per heavy atom. The molecule has 0 aliphatic carbocycles. The van der Waals surface area contributed by atoms with Crippen LogP contribution in [0.5, 0.6) is 0 Å². The topological polar surface area (TPSA) is 106 Å². The average Bonchev–Trinajstić information content (AvgIpc) is 3.80. The molecule has 0 saturated carbocycles. The van der Waals surface area contributed by atoms with Gasteiger partial charge in [0.15, 0.2) is 11.5 Å². The summed E-state index contributed by atoms with van der Waals surface area (Å²) in [6.07, 6.45) is 1.41. The van der Waals surface area contributed by atoms with Crippen LogP contribution in [0, 0.1) is 41.5 Å². The maximum atomic E-state index is 14.3. The van der Waals surface area contributed by atoms with E-state index in [1.807, 2.05) is 65.8 Å². The van der Waals surface area contributed by atoms with E-state index in [0.717, 1.165) is 70.9 Å². The number of benzene rings is 4. The highest BCUT2D eigenvalue weighted by molar-refractivity contribution is 7.19. The Morgan fingerprint density at radius 1 is 0.714 bits per heavy atom. The monoisotopic (exact) mass is 664 g/mol. The van der Waals surface area contributed by atoms with E-state index < -0.39 is 0 Å². The maximum absolute atomic E-state index is 14.3. The number of ketones is 1. The van der Waals surface area contributed by atoms with Gasteiger partial charge in [-0.2, -0.15) is 0 Å². The number of oxazole rings is 1. The van der Waals surface area contributed by atoms with Gasteiger partial charge in [0.05, 0.1) is 49.9 Å². The van der Waals surface area contributed by atoms with Crippen molar-refractivity contribution in [3.05, 3.63) is 108 Å². The van der Waals surface area contributed by atoms with E-state index in [2.05, 4.69) is 12.1 Å². The summed E-state index contributed by atoms with van der Waals surface area (Å²) in [6, 6.07) is 12.1. The normalized spacial score (nSPS) is 15.4. The van der Waals surface area contributed by atoms with Gasteiger partial charge >= 0.3 is 0 Å². The number of Topliss-reactive ketones (excluding diaryl/α,β-unsaturated/α-hetero) is 1. The number of aryl methyl sites for hydroxylation is 8. The second-order valence-electron chi connectivity index (χ2n) is 13.6. The Hall–Kier alpha value is -5.28. The summed E-state index contributed by atoms with van der Waals surface area (Å²) in [7, 11) is 0. The van der Waals surface area contributed by atoms with Crippen molar-refractivity contribution >= 4 is 61.6 Å². The summed E-state index contributed by atoms with van der Waals surface area (Å²) < 4.78 is 7.12. The van der Waals surface area contributed by atoms with Gasteiger partial charge in [-0.25, -0.2) is 15.0 Å². The summed E-state index contributed by atoms with van der Waals surface area (Å²) in [4.78, 5) is 58.9. The molecule has 6 aromatic rings. The number of carbonyl (C=O) groups is 3. The molecule has 3 aliphatic heterocycles. The number of rotatable bonds is 0. The largest absolute Gasteiger partial charge is 0.441 e. The molecule has 0 fully saturated rings. The number of nitrogens with zero attached hydrogens (tertiary/aromatic N) is 4. The number of amides is 2. The van der Waals surface area contributed by atoms with Gasteiger partial charge in [0.1, 0.15) is 5.52 Å². The zero-order chi connectivity index (χ0) is 34.0. The molecule has 2 amide bonds. The molecule has 242 valence electrons. The molecule has 9 heteroatoms. The van der Waals surface area contributed by atoms with Crippen LogP contribution in [0.15, 0.2) is 45.8 Å². The minimum Gasteiger partial charge on any atom is -0.441 e. The molecular formula is C40H32N4O4S. The van der Waals surface area contributed by atoms with E-state index in [9.17, 15) is 14.4 Å². The Balaban J connectivity index is 1.37. The molecule has 0 unspecified atom stereocenters. The number of hydrogen-bond acceptors (Lipinski definition) is 8. The third-order valence-electron chi connectivity index (χ3n) is 10.4. The van der Waals surface area contributed by atoms with Gasteiger partial charge in [-0.05, 0) is 98.0 Å². The van der Waals surface area contributed by atoms with Gasteiger partial charge in [0.2, 0.25) is 5.78 Å². The van der Waals surface area contributed by atoms with Gasteiger partial charge in [0.25, 0.3) is 11.8 Å². The molecule has 3 aliphatic rings. The Kier molecular flexibility index (Phi) is 6.31. The highest BCUT2D eigenvalue weighted by Gasteiger charge is 2.39. The SMILES string of the molecule is Cc1nc2c3c(cc(C)c2o1)CC1=Nc2c(ccc(C)c2C1=O)CCc1ccc(C)c2c1C(=O)N(Cc1cc-3c3sc(C)nc3c1C)C2=O. The number of imide groups is 1. The molecule has 8 nitrogen and oxygen atoms in total. The molecule has 6 bridgehead atoms. The molecule has 9 rings (SSSR count). The second kappa shape index (κ2) is 10.4. The van der Waals surface area contributed by atoms with Crippen molar-refractivity contribution in [1.82, 2.24) is 14.9 Å². The number of carbonyl (C=O) groups excluding carboxylic acids is 3. The zero-order valence-electron chi connectivity index (χ0n) is 28.1. The van der Waals surface area contributed by atoms with Crippen LogP contribution in [-0.2, 0) is 25.8 Å². The average molecular weight is 665 g/mol. The summed E-state index contributed by atoms with van der Waals surface area (Å²) in [5.74, 6) is -0.0871. The van der Waals surface area contributed by atoms with Crippen LogP contribution < -0.4 is 0 Å². The van der Waals surface area contributed by atoms with Gasteiger partial charge in [-0.3, -0.25) is 19.3 Å². The smallest absolute Gasteiger partial charge is 0.262 e. The van der Waals surface area contributed by atoms with E-state index in [1.54, 1.807) is 11.3 Å². The number of aliphatic imine (C=N–C) groups is 1. The molecule has 0 spiro atoms. The van der Waals surface area contributed by atoms with Gasteiger partial charge in [-0.1, -0.05) is 30.3 Å². The van der Waals surface area contributed by atoms with Gasteiger partial charge in [0, 0.05) is 24.5 Å². The molecule has 0 radical (unpaired) electrons. The van der Waals surface area contributed by atoms with Crippen LogP contribution in [0.3, 0.4) is 0 Å². The van der Waals surface area contributed by atoms with Crippen molar-refractivity contribution in [3.63, 3.8) is 0 Å². The Labute approximate surface area is 286 Å². The lowest BCUT2D eigenvalue weighted by molar-refractivity contribution is 0.0641. The van der Waals surface area contributed by atoms with E-state index in [4.69, 9.17) is 19.4 Å². The molecule has 4 aromatic carbocycles. The van der Waals surface area contributed by atoms with Crippen molar-refractivity contribution in [2.24, 2.45) is 4.99 Å². The molecule has 49 heavy (non-hydrogen) atoms. The molecule has 0 saturated heterocycles. The number of hydrogen-bond donors (Lipinski definition) is 0. The van der Waals surface area contributed by atoms with E-state index in [-0.39, 0.29) is 24.1 Å². The van der Waals surface area contributed by atoms with E-state index >= 15 is 0 Å². The first-order valence-corrected chi connectivity index (χ1v) is 17.3. The van der Waals surface area contributed by atoms with Crippen LogP contribution in [0.25, 0.3) is 32.4 Å². The summed E-state index contributed by atoms with van der Waals surface area (Å²) >= 11 is 1.59. The van der Waals surface area contributed by atoms with Crippen molar-refractivity contribution in [2.45, 2.75) is 67.3 Å². The first kappa shape index (κ1) is 29.8. The summed E-state index contributed by atoms with van der Waals surface area (Å²) in [5, 5.41) is 0.898. The quantitative estimate of drug-likeness (QED) is 0.151. The first-order valence-electron chi connectivity index (χ1n) is 16.5. The van der Waals surface area contributed by atoms with Crippen LogP contribution in [0.4, 0.5) is 5.69 Å². The highest BCUT2D eigenvalue weighted by atomic mass is 32.1. The highest BCUT2D eigenvalue weighted by Crippen LogP contribution is 2.44. The predicted molar refractivity (Wildman–Crippen MR) is 191 cm³/mol. The number of fused-ring (bicyclic) bond motifs is 9. The van der Waals surface area contributed by atoms with E-state index in [0.29, 0.717) is 64.3 Å². The third-order valence-corrected chi connectivity index (χ3v) is 11.4. The summed E-state index contributed by atoms with van der Waals surface area (Å²) in [5.41, 5.74) is 13.7. The van der Waals surface area contributed by atoms with E-state index in [1.165, 1.54) is 4.90 Å². The van der Waals surface area contributed by atoms with Crippen LogP contribution >= 0.6 is 11.3 Å². The molecule has 0 atom stereocenters. The Bertz CT molecular complexity index is 2590. The molecule has 2 aromatic heterocycles. The van der Waals surface area contributed by atoms with Crippen molar-refractivity contribution in [1.29, 1.82) is 0 Å². The first-order chi connectivity index (χ1) is 23.5. The lowest BCUT2D eigenvalue weighted by Gasteiger charge is -2.19. The Morgan fingerprint density at radius 2 is 1.43 bits per heavy atom. The molecule has 5 heterocycles. The fourth-order valence-electron chi connectivity index (χ4n) is 7.97. The van der Waals surface area contributed by atoms with Crippen LogP contribution in [0.1, 0.15) is 86.5 Å². The fraction of sp³-hybridized carbons (Fsp3) is 0.250.